The van der Waals surface area contributed by atoms with E-state index in [4.69, 9.17) is 19.7 Å². The Morgan fingerprint density at radius 2 is 1.71 bits per heavy atom. The van der Waals surface area contributed by atoms with E-state index in [-0.39, 0.29) is 12.5 Å². The first-order valence-corrected chi connectivity index (χ1v) is 10.7. The first kappa shape index (κ1) is 27.0. The van der Waals surface area contributed by atoms with Gasteiger partial charge in [0.25, 0.3) is 0 Å². The van der Waals surface area contributed by atoms with Gasteiger partial charge in [0, 0.05) is 35.8 Å². The Kier molecular flexibility index (Phi) is 10.4. The molecule has 3 rings (SSSR count). The number of likely N-dealkylation sites (N-methyl/N-ethyl adjacent to an activating group) is 1. The van der Waals surface area contributed by atoms with E-state index in [2.05, 4.69) is 15.0 Å². The highest BCUT2D eigenvalue weighted by atomic mass is 16.5. The number of hydrogen-bond donors (Lipinski definition) is 2. The third-order valence-corrected chi connectivity index (χ3v) is 4.39. The Hall–Kier alpha value is -4.25. The van der Waals surface area contributed by atoms with Crippen LogP contribution in [-0.4, -0.2) is 81.6 Å². The molecule has 0 aliphatic heterocycles. The SMILES string of the molecule is CCOC(=O)Cn1nc(-c2ccc(OCCN(C)C)cc2)c2cccnc21.O=C(O)/C=C\C(=O)O. The molecular weight excluding hydrogens is 456 g/mol. The van der Waals surface area contributed by atoms with Gasteiger partial charge < -0.3 is 24.6 Å². The Morgan fingerprint density at radius 3 is 2.29 bits per heavy atom. The van der Waals surface area contributed by atoms with Gasteiger partial charge in [-0.3, -0.25) is 4.79 Å². The van der Waals surface area contributed by atoms with Crippen molar-refractivity contribution in [2.45, 2.75) is 13.5 Å². The highest BCUT2D eigenvalue weighted by Gasteiger charge is 2.15. The molecule has 186 valence electrons. The summed E-state index contributed by atoms with van der Waals surface area (Å²) < 4.78 is 12.4. The van der Waals surface area contributed by atoms with Crippen LogP contribution in [0.25, 0.3) is 22.3 Å². The van der Waals surface area contributed by atoms with Crippen LogP contribution in [0.5, 0.6) is 5.75 Å². The number of carbonyl (C=O) groups is 3. The van der Waals surface area contributed by atoms with Crippen LogP contribution in [0.1, 0.15) is 6.92 Å². The number of rotatable bonds is 10. The van der Waals surface area contributed by atoms with Gasteiger partial charge in [0.05, 0.1) is 6.61 Å². The van der Waals surface area contributed by atoms with Gasteiger partial charge in [-0.1, -0.05) is 0 Å². The lowest BCUT2D eigenvalue weighted by molar-refractivity contribution is -0.144. The number of nitrogens with zero attached hydrogens (tertiary/aromatic N) is 4. The number of pyridine rings is 1. The minimum absolute atomic E-state index is 0.0348. The molecule has 0 saturated carbocycles. The maximum Gasteiger partial charge on any atom is 0.328 e. The van der Waals surface area contributed by atoms with E-state index in [0.29, 0.717) is 31.0 Å². The molecule has 0 atom stereocenters. The second-order valence-electron chi connectivity index (χ2n) is 7.37. The second-order valence-corrected chi connectivity index (χ2v) is 7.37. The van der Waals surface area contributed by atoms with E-state index in [0.717, 1.165) is 28.9 Å². The minimum Gasteiger partial charge on any atom is -0.492 e. The molecule has 35 heavy (non-hydrogen) atoms. The van der Waals surface area contributed by atoms with Gasteiger partial charge in [0.1, 0.15) is 24.6 Å². The third kappa shape index (κ3) is 8.89. The molecule has 2 aromatic heterocycles. The molecule has 0 unspecified atom stereocenters. The zero-order chi connectivity index (χ0) is 25.8. The molecule has 1 aromatic carbocycles. The first-order chi connectivity index (χ1) is 16.7. The average Bonchev–Trinajstić information content (AvgIpc) is 3.17. The summed E-state index contributed by atoms with van der Waals surface area (Å²) in [7, 11) is 4.02. The fourth-order valence-electron chi connectivity index (χ4n) is 2.86. The Balaban J connectivity index is 0.000000466. The van der Waals surface area contributed by atoms with Crippen molar-refractivity contribution < 1.29 is 34.1 Å². The van der Waals surface area contributed by atoms with Crippen molar-refractivity contribution in [3.8, 4) is 17.0 Å². The molecule has 2 N–H and O–H groups in total. The molecular formula is C24H28N4O7. The van der Waals surface area contributed by atoms with Crippen LogP contribution in [0.2, 0.25) is 0 Å². The zero-order valence-electron chi connectivity index (χ0n) is 19.7. The van der Waals surface area contributed by atoms with E-state index < -0.39 is 11.9 Å². The number of aromatic nitrogens is 3. The number of ether oxygens (including phenoxy) is 2. The topological polar surface area (TPSA) is 144 Å². The van der Waals surface area contributed by atoms with Crippen LogP contribution in [0.3, 0.4) is 0 Å². The second kappa shape index (κ2) is 13.5. The lowest BCUT2D eigenvalue weighted by Crippen LogP contribution is -2.19. The van der Waals surface area contributed by atoms with E-state index in [1.807, 2.05) is 50.5 Å². The number of aliphatic carboxylic acids is 2. The summed E-state index contributed by atoms with van der Waals surface area (Å²) in [6.45, 7) is 3.65. The molecule has 0 aliphatic rings. The van der Waals surface area contributed by atoms with Crippen LogP contribution in [0.4, 0.5) is 0 Å². The molecule has 0 fully saturated rings. The van der Waals surface area contributed by atoms with Crippen LogP contribution < -0.4 is 4.74 Å². The van der Waals surface area contributed by atoms with Crippen molar-refractivity contribution in [2.75, 3.05) is 33.9 Å². The van der Waals surface area contributed by atoms with E-state index >= 15 is 0 Å². The molecule has 0 aliphatic carbocycles. The van der Waals surface area contributed by atoms with Gasteiger partial charge in [-0.15, -0.1) is 0 Å². The first-order valence-electron chi connectivity index (χ1n) is 10.7. The Labute approximate surface area is 202 Å². The number of fused-ring (bicyclic) bond motifs is 1. The maximum absolute atomic E-state index is 11.9. The zero-order valence-corrected chi connectivity index (χ0v) is 19.7. The fraction of sp³-hybridized carbons (Fsp3) is 0.292. The van der Waals surface area contributed by atoms with Crippen molar-refractivity contribution in [3.63, 3.8) is 0 Å². The number of benzene rings is 1. The molecule has 11 heteroatoms. The van der Waals surface area contributed by atoms with Gasteiger partial charge in [-0.05, 0) is 57.4 Å². The average molecular weight is 485 g/mol. The number of carboxylic acids is 2. The summed E-state index contributed by atoms with van der Waals surface area (Å²) in [5.41, 5.74) is 2.38. The number of hydrogen-bond acceptors (Lipinski definition) is 8. The van der Waals surface area contributed by atoms with Crippen molar-refractivity contribution in [2.24, 2.45) is 0 Å². The van der Waals surface area contributed by atoms with E-state index in [9.17, 15) is 14.4 Å². The van der Waals surface area contributed by atoms with Gasteiger partial charge in [0.15, 0.2) is 5.65 Å². The standard InChI is InChI=1S/C20H24N4O3.C4H4O4/c1-4-26-18(25)14-24-20-17(6-5-11-21-20)19(22-24)15-7-9-16(10-8-15)27-13-12-23(2)3;5-3(6)1-2-4(7)8/h5-11H,4,12-14H2,1-3H3;1-2H,(H,5,6)(H,7,8)/b;2-1-. The summed E-state index contributed by atoms with van der Waals surface area (Å²) >= 11 is 0. The molecule has 11 nitrogen and oxygen atoms in total. The van der Waals surface area contributed by atoms with Crippen LogP contribution in [0, 0.1) is 0 Å². The minimum atomic E-state index is -1.26. The van der Waals surface area contributed by atoms with Crippen LogP contribution in [0.15, 0.2) is 54.7 Å². The summed E-state index contributed by atoms with van der Waals surface area (Å²) in [4.78, 5) is 37.4. The van der Waals surface area contributed by atoms with Gasteiger partial charge in [-0.2, -0.15) is 5.10 Å². The highest BCUT2D eigenvalue weighted by Crippen LogP contribution is 2.28. The molecule has 0 radical (unpaired) electrons. The normalized spacial score (nSPS) is 10.7. The van der Waals surface area contributed by atoms with Crippen molar-refractivity contribution >= 4 is 28.9 Å². The summed E-state index contributed by atoms with van der Waals surface area (Å²) in [5, 5.41) is 21.1. The molecule has 0 saturated heterocycles. The monoisotopic (exact) mass is 484 g/mol. The third-order valence-electron chi connectivity index (χ3n) is 4.39. The van der Waals surface area contributed by atoms with Gasteiger partial charge in [0.2, 0.25) is 0 Å². The molecule has 3 aromatic rings. The summed E-state index contributed by atoms with van der Waals surface area (Å²) in [6, 6.07) is 11.6. The fourth-order valence-corrected chi connectivity index (χ4v) is 2.86. The largest absolute Gasteiger partial charge is 0.492 e. The smallest absolute Gasteiger partial charge is 0.328 e. The Bertz CT molecular complexity index is 1150. The molecule has 0 bridgehead atoms. The van der Waals surface area contributed by atoms with Crippen LogP contribution >= 0.6 is 0 Å². The van der Waals surface area contributed by atoms with E-state index in [1.165, 1.54) is 0 Å². The molecule has 0 spiro atoms. The van der Waals surface area contributed by atoms with Crippen molar-refractivity contribution in [1.29, 1.82) is 0 Å². The van der Waals surface area contributed by atoms with Gasteiger partial charge in [-0.25, -0.2) is 19.3 Å². The number of carboxylic acid groups (broad SMARTS) is 2. The van der Waals surface area contributed by atoms with Crippen LogP contribution in [-0.2, 0) is 25.7 Å². The lowest BCUT2D eigenvalue weighted by Gasteiger charge is -2.11. The maximum atomic E-state index is 11.9. The highest BCUT2D eigenvalue weighted by molar-refractivity contribution is 5.92. The number of esters is 1. The van der Waals surface area contributed by atoms with Crippen molar-refractivity contribution in [3.05, 3.63) is 54.7 Å². The Morgan fingerprint density at radius 1 is 1.06 bits per heavy atom. The summed E-state index contributed by atoms with van der Waals surface area (Å²) in [5.74, 6) is -2.03. The quantitative estimate of drug-likeness (QED) is 0.325. The lowest BCUT2D eigenvalue weighted by atomic mass is 10.1. The molecule has 2 heterocycles. The summed E-state index contributed by atoms with van der Waals surface area (Å²) in [6.07, 6.45) is 2.81. The predicted octanol–water partition coefficient (Wildman–Crippen LogP) is 2.31. The van der Waals surface area contributed by atoms with Crippen molar-refractivity contribution in [1.82, 2.24) is 19.7 Å². The predicted molar refractivity (Wildman–Crippen MR) is 128 cm³/mol. The molecule has 0 amide bonds. The van der Waals surface area contributed by atoms with Gasteiger partial charge >= 0.3 is 17.9 Å². The number of carbonyl (C=O) groups excluding carboxylic acids is 1. The van der Waals surface area contributed by atoms with E-state index in [1.54, 1.807) is 17.8 Å².